The molecule has 1 N–H and O–H groups in total. The average Bonchev–Trinajstić information content (AvgIpc) is 2.26. The molecule has 2 rings (SSSR count). The van der Waals surface area contributed by atoms with E-state index in [2.05, 4.69) is 15.9 Å². The Hall–Kier alpha value is -0.610. The Morgan fingerprint density at radius 3 is 2.53 bits per heavy atom. The fraction of sp³-hybridized carbons (Fsp3) is 0.143. The van der Waals surface area contributed by atoms with Gasteiger partial charge in [-0.05, 0) is 41.5 Å². The lowest BCUT2D eigenvalue weighted by atomic mass is 10.0. The van der Waals surface area contributed by atoms with Crippen LogP contribution in [-0.4, -0.2) is 5.11 Å². The molecule has 0 bridgehead atoms. The second kappa shape index (κ2) is 6.23. The summed E-state index contributed by atoms with van der Waals surface area (Å²) in [6.45, 7) is 0. The monoisotopic (exact) mass is 362 g/mol. The molecule has 0 fully saturated rings. The summed E-state index contributed by atoms with van der Waals surface area (Å²) < 4.78 is 13.9. The number of benzene rings is 2. The third-order valence-corrected chi connectivity index (χ3v) is 3.69. The van der Waals surface area contributed by atoms with Gasteiger partial charge in [0.15, 0.2) is 0 Å². The molecule has 0 saturated heterocycles. The topological polar surface area (TPSA) is 20.2 Å². The second-order valence-corrected chi connectivity index (χ2v) is 5.92. The maximum atomic E-state index is 13.3. The van der Waals surface area contributed by atoms with E-state index < -0.39 is 6.10 Å². The number of aliphatic hydroxyl groups is 1. The summed E-state index contributed by atoms with van der Waals surface area (Å²) in [7, 11) is 0. The highest BCUT2D eigenvalue weighted by molar-refractivity contribution is 9.10. The van der Waals surface area contributed by atoms with Crippen molar-refractivity contribution in [1.29, 1.82) is 0 Å². The second-order valence-electron chi connectivity index (χ2n) is 4.16. The lowest BCUT2D eigenvalue weighted by Crippen LogP contribution is -2.03. The first-order valence-corrected chi connectivity index (χ1v) is 7.08. The molecule has 0 aliphatic heterocycles. The highest BCUT2D eigenvalue weighted by atomic mass is 79.9. The molecular formula is C14H10BrCl2FO. The summed E-state index contributed by atoms with van der Waals surface area (Å²) in [6.07, 6.45) is -0.531. The summed E-state index contributed by atoms with van der Waals surface area (Å²) in [5.41, 5.74) is 1.26. The molecule has 5 heteroatoms. The number of rotatable bonds is 3. The van der Waals surface area contributed by atoms with E-state index in [-0.39, 0.29) is 12.2 Å². The van der Waals surface area contributed by atoms with Crippen molar-refractivity contribution >= 4 is 39.1 Å². The summed E-state index contributed by atoms with van der Waals surface area (Å²) >= 11 is 15.0. The quantitative estimate of drug-likeness (QED) is 0.797. The standard InChI is InChI=1S/C14H10BrCl2FO/c15-9-3-8(4-11(18)6-9)5-14(19)12-2-1-10(16)7-13(12)17/h1-4,6-7,14,19H,5H2. The lowest BCUT2D eigenvalue weighted by Gasteiger charge is -2.13. The lowest BCUT2D eigenvalue weighted by molar-refractivity contribution is 0.178. The minimum absolute atomic E-state index is 0.276. The first-order valence-electron chi connectivity index (χ1n) is 5.53. The normalized spacial score (nSPS) is 12.5. The number of hydrogen-bond acceptors (Lipinski definition) is 1. The molecule has 0 spiro atoms. The summed E-state index contributed by atoms with van der Waals surface area (Å²) in [4.78, 5) is 0. The Morgan fingerprint density at radius 2 is 1.89 bits per heavy atom. The van der Waals surface area contributed by atoms with Crippen molar-refractivity contribution in [1.82, 2.24) is 0 Å². The highest BCUT2D eigenvalue weighted by Gasteiger charge is 2.13. The maximum Gasteiger partial charge on any atom is 0.124 e. The van der Waals surface area contributed by atoms with Crippen molar-refractivity contribution in [3.8, 4) is 0 Å². The van der Waals surface area contributed by atoms with Crippen LogP contribution in [0.2, 0.25) is 10.0 Å². The molecule has 2 aromatic rings. The van der Waals surface area contributed by atoms with Gasteiger partial charge in [-0.25, -0.2) is 4.39 Å². The predicted octanol–water partition coefficient (Wildman–Crippen LogP) is 5.17. The van der Waals surface area contributed by atoms with E-state index in [0.29, 0.717) is 25.6 Å². The van der Waals surface area contributed by atoms with E-state index in [4.69, 9.17) is 23.2 Å². The van der Waals surface area contributed by atoms with Crippen LogP contribution in [0.25, 0.3) is 0 Å². The molecule has 19 heavy (non-hydrogen) atoms. The minimum Gasteiger partial charge on any atom is -0.388 e. The van der Waals surface area contributed by atoms with Gasteiger partial charge < -0.3 is 5.11 Å². The smallest absolute Gasteiger partial charge is 0.124 e. The van der Waals surface area contributed by atoms with Gasteiger partial charge in [-0.1, -0.05) is 45.2 Å². The van der Waals surface area contributed by atoms with Crippen molar-refractivity contribution < 1.29 is 9.50 Å². The SMILES string of the molecule is OC(Cc1cc(F)cc(Br)c1)c1ccc(Cl)cc1Cl. The molecule has 1 unspecified atom stereocenters. The molecule has 0 radical (unpaired) electrons. The van der Waals surface area contributed by atoms with E-state index in [9.17, 15) is 9.50 Å². The van der Waals surface area contributed by atoms with E-state index in [1.54, 1.807) is 24.3 Å². The number of hydrogen-bond donors (Lipinski definition) is 1. The summed E-state index contributed by atoms with van der Waals surface area (Å²) in [6, 6.07) is 9.42. The predicted molar refractivity (Wildman–Crippen MR) is 79.2 cm³/mol. The van der Waals surface area contributed by atoms with Crippen LogP contribution in [0.4, 0.5) is 4.39 Å². The van der Waals surface area contributed by atoms with Gasteiger partial charge in [0.25, 0.3) is 0 Å². The third kappa shape index (κ3) is 3.93. The fourth-order valence-electron chi connectivity index (χ4n) is 1.83. The zero-order valence-corrected chi connectivity index (χ0v) is 12.8. The van der Waals surface area contributed by atoms with Gasteiger partial charge in [0.2, 0.25) is 0 Å². The molecule has 0 heterocycles. The van der Waals surface area contributed by atoms with Crippen LogP contribution < -0.4 is 0 Å². The fourth-order valence-corrected chi connectivity index (χ4v) is 2.88. The summed E-state index contributed by atoms with van der Waals surface area (Å²) in [5, 5.41) is 11.1. The number of halogens is 4. The first-order chi connectivity index (χ1) is 8.95. The van der Waals surface area contributed by atoms with E-state index >= 15 is 0 Å². The minimum atomic E-state index is -0.807. The van der Waals surface area contributed by atoms with Crippen LogP contribution in [-0.2, 0) is 6.42 Å². The van der Waals surface area contributed by atoms with Crippen LogP contribution in [0.15, 0.2) is 40.9 Å². The molecule has 0 aliphatic rings. The Bertz CT molecular complexity index is 584. The molecule has 0 aromatic heterocycles. The Kier molecular flexibility index (Phi) is 4.85. The van der Waals surface area contributed by atoms with Gasteiger partial charge in [0, 0.05) is 20.9 Å². The van der Waals surface area contributed by atoms with Gasteiger partial charge >= 0.3 is 0 Å². The zero-order valence-electron chi connectivity index (χ0n) is 9.71. The zero-order chi connectivity index (χ0) is 14.0. The molecule has 100 valence electrons. The largest absolute Gasteiger partial charge is 0.388 e. The maximum absolute atomic E-state index is 13.3. The van der Waals surface area contributed by atoms with Gasteiger partial charge in [0.1, 0.15) is 5.82 Å². The van der Waals surface area contributed by atoms with Crippen molar-refractivity contribution in [3.63, 3.8) is 0 Å². The number of aliphatic hydroxyl groups excluding tert-OH is 1. The molecule has 0 amide bonds. The Labute approximate surface area is 129 Å². The highest BCUT2D eigenvalue weighted by Crippen LogP contribution is 2.29. The van der Waals surface area contributed by atoms with Crippen molar-refractivity contribution in [2.24, 2.45) is 0 Å². The van der Waals surface area contributed by atoms with Gasteiger partial charge in [0.05, 0.1) is 6.10 Å². The van der Waals surface area contributed by atoms with E-state index in [0.717, 1.165) is 0 Å². The molecular weight excluding hydrogens is 354 g/mol. The van der Waals surface area contributed by atoms with Gasteiger partial charge in [-0.15, -0.1) is 0 Å². The first kappa shape index (κ1) is 14.8. The van der Waals surface area contributed by atoms with Crippen LogP contribution >= 0.6 is 39.1 Å². The molecule has 0 saturated carbocycles. The molecule has 1 nitrogen and oxygen atoms in total. The Balaban J connectivity index is 2.22. The van der Waals surface area contributed by atoms with Crippen molar-refractivity contribution in [3.05, 3.63) is 67.9 Å². The van der Waals surface area contributed by atoms with Crippen LogP contribution in [0.5, 0.6) is 0 Å². The summed E-state index contributed by atoms with van der Waals surface area (Å²) in [5.74, 6) is -0.348. The van der Waals surface area contributed by atoms with Gasteiger partial charge in [-0.2, -0.15) is 0 Å². The van der Waals surface area contributed by atoms with Crippen LogP contribution in [0.3, 0.4) is 0 Å². The third-order valence-electron chi connectivity index (χ3n) is 2.67. The average molecular weight is 364 g/mol. The molecule has 1 atom stereocenters. The molecule has 2 aromatic carbocycles. The Morgan fingerprint density at radius 1 is 1.16 bits per heavy atom. The molecule has 0 aliphatic carbocycles. The van der Waals surface area contributed by atoms with Crippen LogP contribution in [0, 0.1) is 5.82 Å². The van der Waals surface area contributed by atoms with Crippen molar-refractivity contribution in [2.75, 3.05) is 0 Å². The van der Waals surface area contributed by atoms with Crippen molar-refractivity contribution in [2.45, 2.75) is 12.5 Å². The van der Waals surface area contributed by atoms with Crippen LogP contribution in [0.1, 0.15) is 17.2 Å². The van der Waals surface area contributed by atoms with E-state index in [1.165, 1.54) is 12.1 Å². The van der Waals surface area contributed by atoms with E-state index in [1.807, 2.05) is 0 Å². The van der Waals surface area contributed by atoms with Gasteiger partial charge in [-0.3, -0.25) is 0 Å².